The van der Waals surface area contributed by atoms with E-state index in [1.807, 2.05) is 13.0 Å². The standard InChI is InChI=1S/C24H27NO2/c1-3-27-24(26)20-11-10-18-9-8-17-6-4-5-7-21(17)23(22(18)16-20)19-12-14-25(2)15-13-19/h4-7,10-11,16H,3,8-9,12-15H2,1-2H3. The van der Waals surface area contributed by atoms with Crippen LogP contribution in [0.4, 0.5) is 0 Å². The Morgan fingerprint density at radius 3 is 2.41 bits per heavy atom. The molecule has 0 spiro atoms. The van der Waals surface area contributed by atoms with Gasteiger partial charge in [-0.05, 0) is 79.6 Å². The first-order chi connectivity index (χ1) is 13.2. The molecule has 27 heavy (non-hydrogen) atoms. The first-order valence-electron chi connectivity index (χ1n) is 9.96. The van der Waals surface area contributed by atoms with Crippen molar-refractivity contribution in [2.75, 3.05) is 26.7 Å². The van der Waals surface area contributed by atoms with Gasteiger partial charge in [0, 0.05) is 13.1 Å². The van der Waals surface area contributed by atoms with Crippen molar-refractivity contribution in [1.82, 2.24) is 4.90 Å². The normalized spacial score (nSPS) is 17.1. The van der Waals surface area contributed by atoms with Gasteiger partial charge in [-0.3, -0.25) is 0 Å². The van der Waals surface area contributed by atoms with Gasteiger partial charge in [0.15, 0.2) is 0 Å². The molecule has 1 heterocycles. The molecule has 140 valence electrons. The van der Waals surface area contributed by atoms with E-state index in [4.69, 9.17) is 4.74 Å². The number of esters is 1. The minimum absolute atomic E-state index is 0.231. The number of nitrogens with zero attached hydrogens (tertiary/aromatic N) is 1. The number of hydrogen-bond acceptors (Lipinski definition) is 3. The fraction of sp³-hybridized carbons (Fsp3) is 0.375. The van der Waals surface area contributed by atoms with Crippen molar-refractivity contribution in [3.05, 3.63) is 75.9 Å². The molecule has 0 unspecified atom stereocenters. The molecule has 1 fully saturated rings. The largest absolute Gasteiger partial charge is 0.462 e. The summed E-state index contributed by atoms with van der Waals surface area (Å²) < 4.78 is 5.25. The first-order valence-corrected chi connectivity index (χ1v) is 9.96. The van der Waals surface area contributed by atoms with E-state index in [-0.39, 0.29) is 5.97 Å². The van der Waals surface area contributed by atoms with Gasteiger partial charge in [-0.1, -0.05) is 35.9 Å². The van der Waals surface area contributed by atoms with E-state index >= 15 is 0 Å². The van der Waals surface area contributed by atoms with E-state index in [9.17, 15) is 4.79 Å². The smallest absolute Gasteiger partial charge is 0.338 e. The second-order valence-electron chi connectivity index (χ2n) is 7.53. The number of fused-ring (bicyclic) bond motifs is 2. The van der Waals surface area contributed by atoms with Gasteiger partial charge in [0.05, 0.1) is 12.2 Å². The van der Waals surface area contributed by atoms with E-state index in [1.165, 1.54) is 33.4 Å². The summed E-state index contributed by atoms with van der Waals surface area (Å²) in [5.41, 5.74) is 8.85. The molecule has 1 aliphatic heterocycles. The van der Waals surface area contributed by atoms with Crippen LogP contribution in [0.15, 0.2) is 48.0 Å². The van der Waals surface area contributed by atoms with Crippen molar-refractivity contribution < 1.29 is 9.53 Å². The Morgan fingerprint density at radius 1 is 0.963 bits per heavy atom. The zero-order valence-electron chi connectivity index (χ0n) is 16.3. The SMILES string of the molecule is CCOC(=O)c1ccc2c(c1)C(=C1CCN(C)CC1)c1ccccc1CC2. The number of carbonyl (C=O) groups is 1. The molecule has 1 saturated heterocycles. The summed E-state index contributed by atoms with van der Waals surface area (Å²) in [7, 11) is 2.19. The highest BCUT2D eigenvalue weighted by atomic mass is 16.5. The van der Waals surface area contributed by atoms with E-state index in [2.05, 4.69) is 48.3 Å². The molecule has 0 aromatic heterocycles. The minimum Gasteiger partial charge on any atom is -0.462 e. The molecule has 4 rings (SSSR count). The number of benzene rings is 2. The first kappa shape index (κ1) is 18.0. The Labute approximate surface area is 161 Å². The zero-order valence-corrected chi connectivity index (χ0v) is 16.3. The van der Waals surface area contributed by atoms with Gasteiger partial charge in [-0.15, -0.1) is 0 Å². The van der Waals surface area contributed by atoms with Crippen molar-refractivity contribution in [3.8, 4) is 0 Å². The number of likely N-dealkylation sites (tertiary alicyclic amines) is 1. The highest BCUT2D eigenvalue weighted by Crippen LogP contribution is 2.39. The molecule has 0 radical (unpaired) electrons. The molecule has 3 nitrogen and oxygen atoms in total. The van der Waals surface area contributed by atoms with Crippen LogP contribution in [0.3, 0.4) is 0 Å². The average Bonchev–Trinajstić information content (AvgIpc) is 2.85. The Hall–Kier alpha value is -2.39. The van der Waals surface area contributed by atoms with Gasteiger partial charge in [0.25, 0.3) is 0 Å². The van der Waals surface area contributed by atoms with Crippen LogP contribution >= 0.6 is 0 Å². The summed E-state index contributed by atoms with van der Waals surface area (Å²) in [6.07, 6.45) is 4.22. The van der Waals surface area contributed by atoms with Crippen molar-refractivity contribution in [2.24, 2.45) is 0 Å². The monoisotopic (exact) mass is 361 g/mol. The topological polar surface area (TPSA) is 29.5 Å². The molecule has 0 atom stereocenters. The van der Waals surface area contributed by atoms with E-state index < -0.39 is 0 Å². The van der Waals surface area contributed by atoms with E-state index in [1.54, 1.807) is 0 Å². The molecule has 0 bridgehead atoms. The van der Waals surface area contributed by atoms with Gasteiger partial charge in [-0.2, -0.15) is 0 Å². The van der Waals surface area contributed by atoms with Crippen LogP contribution in [0.25, 0.3) is 5.57 Å². The van der Waals surface area contributed by atoms with Gasteiger partial charge in [0.1, 0.15) is 0 Å². The van der Waals surface area contributed by atoms with Crippen LogP contribution in [0.1, 0.15) is 52.4 Å². The molecular formula is C24H27NO2. The number of piperidine rings is 1. The highest BCUT2D eigenvalue weighted by Gasteiger charge is 2.24. The van der Waals surface area contributed by atoms with Crippen LogP contribution in [-0.4, -0.2) is 37.6 Å². The summed E-state index contributed by atoms with van der Waals surface area (Å²) in [6, 6.07) is 14.9. The van der Waals surface area contributed by atoms with Crippen molar-refractivity contribution in [1.29, 1.82) is 0 Å². The number of carbonyl (C=O) groups excluding carboxylic acids is 1. The molecule has 1 aliphatic carbocycles. The maximum Gasteiger partial charge on any atom is 0.338 e. The number of rotatable bonds is 2. The van der Waals surface area contributed by atoms with Crippen LogP contribution in [-0.2, 0) is 17.6 Å². The van der Waals surface area contributed by atoms with Crippen LogP contribution < -0.4 is 0 Å². The van der Waals surface area contributed by atoms with Crippen LogP contribution in [0.5, 0.6) is 0 Å². The van der Waals surface area contributed by atoms with E-state index in [0.717, 1.165) is 38.8 Å². The molecule has 2 aromatic rings. The third-order valence-electron chi connectivity index (χ3n) is 5.78. The number of aryl methyl sites for hydroxylation is 2. The zero-order chi connectivity index (χ0) is 18.8. The second kappa shape index (κ2) is 7.69. The summed E-state index contributed by atoms with van der Waals surface area (Å²) >= 11 is 0. The van der Waals surface area contributed by atoms with Crippen LogP contribution in [0, 0.1) is 0 Å². The maximum atomic E-state index is 12.3. The lowest BCUT2D eigenvalue weighted by Gasteiger charge is -2.27. The molecular weight excluding hydrogens is 334 g/mol. The van der Waals surface area contributed by atoms with Gasteiger partial charge >= 0.3 is 5.97 Å². The Bertz CT molecular complexity index is 887. The van der Waals surface area contributed by atoms with Gasteiger partial charge in [-0.25, -0.2) is 4.79 Å². The quantitative estimate of drug-likeness (QED) is 0.738. The van der Waals surface area contributed by atoms with Crippen LogP contribution in [0.2, 0.25) is 0 Å². The second-order valence-corrected chi connectivity index (χ2v) is 7.53. The lowest BCUT2D eigenvalue weighted by atomic mass is 9.85. The van der Waals surface area contributed by atoms with Gasteiger partial charge < -0.3 is 9.64 Å². The Kier molecular flexibility index (Phi) is 5.13. The number of ether oxygens (including phenoxy) is 1. The summed E-state index contributed by atoms with van der Waals surface area (Å²) in [5.74, 6) is -0.231. The Balaban J connectivity index is 1.89. The van der Waals surface area contributed by atoms with E-state index in [0.29, 0.717) is 12.2 Å². The van der Waals surface area contributed by atoms with Crippen molar-refractivity contribution in [3.63, 3.8) is 0 Å². The predicted molar refractivity (Wildman–Crippen MR) is 109 cm³/mol. The summed E-state index contributed by atoms with van der Waals surface area (Å²) in [5, 5.41) is 0. The van der Waals surface area contributed by atoms with Crippen molar-refractivity contribution in [2.45, 2.75) is 32.6 Å². The third-order valence-corrected chi connectivity index (χ3v) is 5.78. The fourth-order valence-corrected chi connectivity index (χ4v) is 4.28. The Morgan fingerprint density at radius 2 is 1.67 bits per heavy atom. The third kappa shape index (κ3) is 3.57. The number of hydrogen-bond donors (Lipinski definition) is 0. The minimum atomic E-state index is -0.231. The summed E-state index contributed by atoms with van der Waals surface area (Å²) in [4.78, 5) is 14.7. The lowest BCUT2D eigenvalue weighted by Crippen LogP contribution is -2.27. The molecule has 2 aliphatic rings. The maximum absolute atomic E-state index is 12.3. The molecule has 3 heteroatoms. The highest BCUT2D eigenvalue weighted by molar-refractivity contribution is 5.93. The molecule has 0 saturated carbocycles. The predicted octanol–water partition coefficient (Wildman–Crippen LogP) is 4.49. The average molecular weight is 361 g/mol. The van der Waals surface area contributed by atoms with Crippen molar-refractivity contribution >= 4 is 11.5 Å². The molecule has 0 amide bonds. The molecule has 0 N–H and O–H groups in total. The lowest BCUT2D eigenvalue weighted by molar-refractivity contribution is 0.0526. The molecule has 2 aromatic carbocycles. The fourth-order valence-electron chi connectivity index (χ4n) is 4.28. The summed E-state index contributed by atoms with van der Waals surface area (Å²) in [6.45, 7) is 4.43. The van der Waals surface area contributed by atoms with Gasteiger partial charge in [0.2, 0.25) is 0 Å².